The summed E-state index contributed by atoms with van der Waals surface area (Å²) in [4.78, 5) is 0. The van der Waals surface area contributed by atoms with Gasteiger partial charge in [0.1, 0.15) is 17.2 Å². The van der Waals surface area contributed by atoms with Crippen LogP contribution in [0, 0.1) is 0 Å². The largest absolute Gasteiger partial charge is 0.497 e. The minimum absolute atomic E-state index is 0.348. The molecule has 0 aliphatic carbocycles. The Bertz CT molecular complexity index is 1790. The fourth-order valence-electron chi connectivity index (χ4n) is 6.09. The Labute approximate surface area is 318 Å². The highest BCUT2D eigenvalue weighted by Gasteiger charge is 2.20. The Kier molecular flexibility index (Phi) is 14.3. The lowest BCUT2D eigenvalue weighted by Gasteiger charge is -2.24. The van der Waals surface area contributed by atoms with Gasteiger partial charge in [-0.2, -0.15) is 0 Å². The van der Waals surface area contributed by atoms with Gasteiger partial charge in [-0.3, -0.25) is 0 Å². The van der Waals surface area contributed by atoms with Crippen molar-refractivity contribution in [2.45, 2.75) is 0 Å². The highest BCUT2D eigenvalue weighted by molar-refractivity contribution is 7.79. The molecule has 7 aromatic rings. The molecule has 0 aliphatic rings. The van der Waals surface area contributed by atoms with Gasteiger partial charge in [0.15, 0.2) is 0 Å². The molecule has 266 valence electrons. The molecule has 0 aliphatic heterocycles. The van der Waals surface area contributed by atoms with Crippen molar-refractivity contribution in [1.29, 1.82) is 0 Å². The molecule has 0 saturated heterocycles. The van der Waals surface area contributed by atoms with Crippen LogP contribution in [0.5, 0.6) is 17.2 Å². The average Bonchev–Trinajstić information content (AvgIpc) is 3.25. The van der Waals surface area contributed by atoms with Crippen molar-refractivity contribution in [2.24, 2.45) is 0 Å². The maximum atomic E-state index is 5.30. The van der Waals surface area contributed by atoms with Gasteiger partial charge >= 0.3 is 0 Å². The number of hydrogen-bond acceptors (Lipinski definition) is 3. The van der Waals surface area contributed by atoms with Gasteiger partial charge in [0.2, 0.25) is 0 Å². The third-order valence-electron chi connectivity index (χ3n) is 8.81. The summed E-state index contributed by atoms with van der Waals surface area (Å²) in [6.45, 7) is 0. The summed E-state index contributed by atoms with van der Waals surface area (Å²) in [5.41, 5.74) is 0. The first-order valence-electron chi connectivity index (χ1n) is 17.6. The first-order valence-corrected chi connectivity index (χ1v) is 22.0. The predicted molar refractivity (Wildman–Crippen MR) is 233 cm³/mol. The summed E-state index contributed by atoms with van der Waals surface area (Å²) in [6, 6.07) is 69.1. The third-order valence-corrected chi connectivity index (χ3v) is 16.6. The number of benzene rings is 7. The van der Waals surface area contributed by atoms with Gasteiger partial charge in [0, 0.05) is 0 Å². The van der Waals surface area contributed by atoms with E-state index in [1.165, 1.54) is 49.5 Å². The molecule has 3 nitrogen and oxygen atoms in total. The quantitative estimate of drug-likeness (QED) is 0.111. The lowest BCUT2D eigenvalue weighted by Crippen LogP contribution is -2.20. The zero-order valence-corrected chi connectivity index (χ0v) is 33.1. The van der Waals surface area contributed by atoms with Crippen LogP contribution in [0.1, 0.15) is 0 Å². The first kappa shape index (κ1) is 38.0. The third kappa shape index (κ3) is 10.4. The van der Waals surface area contributed by atoms with Crippen LogP contribution in [0.25, 0.3) is 0 Å². The first-order chi connectivity index (χ1) is 26.2. The van der Waals surface area contributed by atoms with Gasteiger partial charge < -0.3 is 14.2 Å². The zero-order chi connectivity index (χ0) is 36.7. The van der Waals surface area contributed by atoms with E-state index in [1.807, 2.05) is 36.4 Å². The highest BCUT2D eigenvalue weighted by atomic mass is 31.1. The molecule has 0 fully saturated rings. The van der Waals surface area contributed by atoms with Crippen molar-refractivity contribution >= 4 is 60.9 Å². The Morgan fingerprint density at radius 3 is 0.717 bits per heavy atom. The van der Waals surface area contributed by atoms with E-state index in [2.05, 4.69) is 158 Å². The minimum atomic E-state index is -0.665. The number of hydrogen-bond donors (Lipinski definition) is 0. The van der Waals surface area contributed by atoms with Gasteiger partial charge in [-0.1, -0.05) is 158 Å². The summed E-state index contributed by atoms with van der Waals surface area (Å²) in [7, 11) is 3.70. The lowest BCUT2D eigenvalue weighted by atomic mass is 10.3. The van der Waals surface area contributed by atoms with Gasteiger partial charge in [-0.15, -0.1) is 0 Å². The van der Waals surface area contributed by atoms with Crippen molar-refractivity contribution in [1.82, 2.24) is 0 Å². The van der Waals surface area contributed by atoms with Crippen LogP contribution < -0.4 is 51.3 Å². The van der Waals surface area contributed by atoms with Crippen LogP contribution >= 0.6 is 23.8 Å². The van der Waals surface area contributed by atoms with E-state index in [0.717, 1.165) is 17.2 Å². The molecule has 0 bridgehead atoms. The summed E-state index contributed by atoms with van der Waals surface area (Å²) in [5, 5.41) is 9.70. The summed E-state index contributed by atoms with van der Waals surface area (Å²) in [6.07, 6.45) is 2.41. The lowest BCUT2D eigenvalue weighted by molar-refractivity contribution is 0.415. The standard InChI is InChI=1S/C26H24P2.C21H21O3P/c1-5-13-23(14-6-1)27(24-15-7-2-8-16-24)21-22-28(25-17-9-3-10-18-25)26-19-11-4-12-20-26;1-22-16-4-10-19(11-5-16)25(20-12-6-17(23-2)7-13-20)21-14-8-18(24-3)9-15-21/h1-20H,21-22H2;4-15H,1-3H3. The molecule has 0 unspecified atom stereocenters. The van der Waals surface area contributed by atoms with Crippen LogP contribution in [0.2, 0.25) is 0 Å². The smallest absolute Gasteiger partial charge is 0.118 e. The molecule has 0 atom stereocenters. The normalized spacial score (nSPS) is 10.8. The van der Waals surface area contributed by atoms with Crippen LogP contribution in [0.15, 0.2) is 194 Å². The fourth-order valence-corrected chi connectivity index (χ4v) is 13.7. The molecule has 53 heavy (non-hydrogen) atoms. The Hall–Kier alpha value is -4.77. The van der Waals surface area contributed by atoms with Crippen molar-refractivity contribution < 1.29 is 14.2 Å². The molecule has 0 spiro atoms. The molecule has 0 radical (unpaired) electrons. The second-order valence-corrected chi connectivity index (χ2v) is 19.0. The molecule has 0 saturated carbocycles. The monoisotopic (exact) mass is 750 g/mol. The summed E-state index contributed by atoms with van der Waals surface area (Å²) >= 11 is 0. The van der Waals surface area contributed by atoms with Gasteiger partial charge in [-0.25, -0.2) is 0 Å². The maximum Gasteiger partial charge on any atom is 0.118 e. The van der Waals surface area contributed by atoms with Crippen molar-refractivity contribution in [2.75, 3.05) is 33.7 Å². The summed E-state index contributed by atoms with van der Waals surface area (Å²) in [5.74, 6) is 2.59. The predicted octanol–water partition coefficient (Wildman–Crippen LogP) is 8.72. The molecule has 0 aromatic heterocycles. The van der Waals surface area contributed by atoms with E-state index >= 15 is 0 Å². The SMILES string of the molecule is COc1ccc(P(c2ccc(OC)cc2)c2ccc(OC)cc2)cc1.c1ccc(P(CCP(c2ccccc2)c2ccccc2)c2ccccc2)cc1. The molecule has 0 heterocycles. The maximum absolute atomic E-state index is 5.30. The van der Waals surface area contributed by atoms with Crippen molar-refractivity contribution in [3.05, 3.63) is 194 Å². The number of rotatable bonds is 13. The number of ether oxygens (including phenoxy) is 3. The molecular weight excluding hydrogens is 705 g/mol. The molecule has 0 N–H and O–H groups in total. The van der Waals surface area contributed by atoms with E-state index in [0.29, 0.717) is 0 Å². The van der Waals surface area contributed by atoms with E-state index in [4.69, 9.17) is 14.2 Å². The van der Waals surface area contributed by atoms with Crippen LogP contribution in [0.4, 0.5) is 0 Å². The van der Waals surface area contributed by atoms with Gasteiger partial charge in [-0.05, 0) is 110 Å². The topological polar surface area (TPSA) is 27.7 Å². The van der Waals surface area contributed by atoms with E-state index < -0.39 is 7.92 Å². The van der Waals surface area contributed by atoms with Crippen LogP contribution in [0.3, 0.4) is 0 Å². The van der Waals surface area contributed by atoms with Gasteiger partial charge in [0.05, 0.1) is 21.3 Å². The van der Waals surface area contributed by atoms with E-state index in [1.54, 1.807) is 21.3 Å². The van der Waals surface area contributed by atoms with Crippen molar-refractivity contribution in [3.63, 3.8) is 0 Å². The molecule has 0 amide bonds. The Morgan fingerprint density at radius 1 is 0.283 bits per heavy atom. The summed E-state index contributed by atoms with van der Waals surface area (Å²) < 4.78 is 15.9. The zero-order valence-electron chi connectivity index (χ0n) is 30.5. The number of methoxy groups -OCH3 is 3. The molecule has 7 aromatic carbocycles. The van der Waals surface area contributed by atoms with Crippen molar-refractivity contribution in [3.8, 4) is 17.2 Å². The van der Waals surface area contributed by atoms with Crippen LogP contribution in [-0.2, 0) is 0 Å². The highest BCUT2D eigenvalue weighted by Crippen LogP contribution is 2.41. The van der Waals surface area contributed by atoms with Gasteiger partial charge in [0.25, 0.3) is 0 Å². The Balaban J connectivity index is 0.000000183. The second-order valence-electron chi connectivity index (χ2n) is 12.1. The Morgan fingerprint density at radius 2 is 0.509 bits per heavy atom. The molecule has 6 heteroatoms. The van der Waals surface area contributed by atoms with E-state index in [-0.39, 0.29) is 15.8 Å². The molecular formula is C47H45O3P3. The van der Waals surface area contributed by atoms with E-state index in [9.17, 15) is 0 Å². The molecule has 7 rings (SSSR count). The second kappa shape index (κ2) is 19.9. The fraction of sp³-hybridized carbons (Fsp3) is 0.106. The average molecular weight is 751 g/mol. The van der Waals surface area contributed by atoms with Crippen LogP contribution in [-0.4, -0.2) is 33.7 Å². The minimum Gasteiger partial charge on any atom is -0.497 e.